The summed E-state index contributed by atoms with van der Waals surface area (Å²) in [6, 6.07) is 0. The summed E-state index contributed by atoms with van der Waals surface area (Å²) in [5, 5.41) is 20.1. The third-order valence-corrected chi connectivity index (χ3v) is 8.56. The van der Waals surface area contributed by atoms with Gasteiger partial charge in [0, 0.05) is 0 Å². The van der Waals surface area contributed by atoms with E-state index in [0.717, 1.165) is 38.5 Å². The molecule has 0 saturated heterocycles. The molecule has 0 bridgehead atoms. The molecule has 0 aliphatic rings. The Labute approximate surface area is 271 Å². The van der Waals surface area contributed by atoms with Gasteiger partial charge in [-0.15, -0.1) is 0 Å². The van der Waals surface area contributed by atoms with Crippen molar-refractivity contribution >= 4 is 7.82 Å². The van der Waals surface area contributed by atoms with Crippen molar-refractivity contribution in [2.24, 2.45) is 0 Å². The summed E-state index contributed by atoms with van der Waals surface area (Å²) in [5.41, 5.74) is 0. The van der Waals surface area contributed by atoms with E-state index in [1.54, 1.807) is 0 Å². The van der Waals surface area contributed by atoms with E-state index in [9.17, 15) is 19.7 Å². The van der Waals surface area contributed by atoms with Crippen molar-refractivity contribution in [1.29, 1.82) is 0 Å². The zero-order chi connectivity index (χ0) is 28.9. The van der Waals surface area contributed by atoms with Gasteiger partial charge >= 0.3 is 29.6 Å². The molecule has 6 nitrogen and oxygen atoms in total. The molecule has 0 heterocycles. The Morgan fingerprint density at radius 2 is 0.725 bits per heavy atom. The maximum atomic E-state index is 12.0. The van der Waals surface area contributed by atoms with E-state index in [4.69, 9.17) is 9.05 Å². The molecule has 0 rings (SSSR count). The van der Waals surface area contributed by atoms with Crippen molar-refractivity contribution in [1.82, 2.24) is 0 Å². The topological polar surface area (TPSA) is 99.1 Å². The van der Waals surface area contributed by atoms with E-state index < -0.39 is 20.0 Å². The van der Waals surface area contributed by atoms with Crippen molar-refractivity contribution < 1.29 is 58.3 Å². The van der Waals surface area contributed by atoms with Crippen LogP contribution in [0.15, 0.2) is 0 Å². The van der Waals surface area contributed by atoms with Crippen LogP contribution in [0.25, 0.3) is 0 Å². The first-order chi connectivity index (χ1) is 18.9. The molecular weight excluding hydrogens is 534 g/mol. The quantitative estimate of drug-likeness (QED) is 0.0527. The van der Waals surface area contributed by atoms with E-state index >= 15 is 0 Å². The molecule has 0 fully saturated rings. The number of aliphatic hydroxyl groups is 2. The number of rotatable bonds is 32. The predicted molar refractivity (Wildman–Crippen MR) is 163 cm³/mol. The molecule has 236 valence electrons. The molecule has 2 atom stereocenters. The van der Waals surface area contributed by atoms with Crippen molar-refractivity contribution in [3.8, 4) is 0 Å². The third kappa shape index (κ3) is 33.5. The third-order valence-electron chi connectivity index (χ3n) is 7.63. The number of aliphatic hydroxyl groups excluding tert-OH is 2. The van der Waals surface area contributed by atoms with Crippen molar-refractivity contribution in [2.75, 3.05) is 13.2 Å². The second-order valence-corrected chi connectivity index (χ2v) is 13.1. The zero-order valence-electron chi connectivity index (χ0n) is 26.9. The van der Waals surface area contributed by atoms with Crippen molar-refractivity contribution in [3.63, 3.8) is 0 Å². The van der Waals surface area contributed by atoms with Gasteiger partial charge in [0.05, 0.1) is 25.4 Å². The van der Waals surface area contributed by atoms with Crippen LogP contribution in [0, 0.1) is 0 Å². The maximum Gasteiger partial charge on any atom is 1.00 e. The van der Waals surface area contributed by atoms with Gasteiger partial charge in [-0.25, -0.2) is 0 Å². The molecule has 0 saturated carbocycles. The monoisotopic (exact) mass is 600 g/mol. The summed E-state index contributed by atoms with van der Waals surface area (Å²) in [5.74, 6) is 0. The minimum atomic E-state index is -4.51. The second-order valence-electron chi connectivity index (χ2n) is 11.7. The van der Waals surface area contributed by atoms with Gasteiger partial charge in [-0.2, -0.15) is 0 Å². The Hall–Kier alpha value is 1.03. The van der Waals surface area contributed by atoms with Crippen LogP contribution in [0.4, 0.5) is 0 Å². The average molecular weight is 601 g/mol. The molecule has 0 aliphatic heterocycles. The van der Waals surface area contributed by atoms with Gasteiger partial charge in [-0.05, 0) is 12.8 Å². The molecule has 0 aromatic rings. The summed E-state index contributed by atoms with van der Waals surface area (Å²) < 4.78 is 21.6. The summed E-state index contributed by atoms with van der Waals surface area (Å²) in [6.45, 7) is 3.93. The summed E-state index contributed by atoms with van der Waals surface area (Å²) in [7, 11) is -4.51. The fourth-order valence-corrected chi connectivity index (χ4v) is 5.78. The van der Waals surface area contributed by atoms with Crippen molar-refractivity contribution in [3.05, 3.63) is 0 Å². The molecule has 2 unspecified atom stereocenters. The van der Waals surface area contributed by atoms with E-state index in [1.807, 2.05) is 0 Å². The fourth-order valence-electron chi connectivity index (χ4n) is 5.00. The van der Waals surface area contributed by atoms with Crippen LogP contribution in [-0.4, -0.2) is 35.6 Å². The normalized spacial score (nSPS) is 14.5. The Balaban J connectivity index is 0. The van der Waals surface area contributed by atoms with Gasteiger partial charge in [-0.3, -0.25) is 4.57 Å². The fraction of sp³-hybridized carbons (Fsp3) is 1.00. The standard InChI is InChI=1S/C32H67O6P.Na/c1-3-5-7-9-11-13-15-17-19-21-23-25-27-31(33)29-37-39(35,36)38-30-32(34)28-26-24-22-20-18-16-14-12-10-8-6-4-2;/h31-34H,3-30H2,1-2H3,(H,35,36);/q;+1/p-1. The van der Waals surface area contributed by atoms with Gasteiger partial charge in [0.25, 0.3) is 7.82 Å². The van der Waals surface area contributed by atoms with Crippen LogP contribution in [0.1, 0.15) is 181 Å². The van der Waals surface area contributed by atoms with Crippen LogP contribution >= 0.6 is 7.82 Å². The Morgan fingerprint density at radius 1 is 0.500 bits per heavy atom. The molecule has 40 heavy (non-hydrogen) atoms. The maximum absolute atomic E-state index is 12.0. The van der Waals surface area contributed by atoms with Gasteiger partial charge in [-0.1, -0.05) is 168 Å². The molecule has 0 aliphatic carbocycles. The number of hydrogen-bond acceptors (Lipinski definition) is 6. The van der Waals surface area contributed by atoms with Crippen molar-refractivity contribution in [2.45, 2.75) is 193 Å². The van der Waals surface area contributed by atoms with Gasteiger partial charge in [0.15, 0.2) is 0 Å². The molecule has 2 N–H and O–H groups in total. The summed E-state index contributed by atoms with van der Waals surface area (Å²) in [6.07, 6.45) is 29.4. The van der Waals surface area contributed by atoms with E-state index in [0.29, 0.717) is 12.8 Å². The molecule has 8 heteroatoms. The number of phosphoric acid groups is 1. The molecular formula is C32H66NaO6P. The Kier molecular flexibility index (Phi) is 35.5. The minimum absolute atomic E-state index is 0. The molecule has 0 aromatic heterocycles. The number of phosphoric ester groups is 1. The van der Waals surface area contributed by atoms with Gasteiger partial charge < -0.3 is 24.2 Å². The average Bonchev–Trinajstić information content (AvgIpc) is 2.92. The van der Waals surface area contributed by atoms with Crippen LogP contribution < -0.4 is 34.5 Å². The first-order valence-corrected chi connectivity index (χ1v) is 18.3. The Morgan fingerprint density at radius 3 is 0.975 bits per heavy atom. The largest absolute Gasteiger partial charge is 1.00 e. The van der Waals surface area contributed by atoms with E-state index in [2.05, 4.69) is 13.8 Å². The molecule has 0 aromatic carbocycles. The first kappa shape index (κ1) is 43.2. The molecule has 0 spiro atoms. The number of hydrogen-bond donors (Lipinski definition) is 2. The smallest absolute Gasteiger partial charge is 0.756 e. The SMILES string of the molecule is CCCCCCCCCCCCCCC(O)COP(=O)([O-])OCC(O)CCCCCCCCCCCCCC.[Na+]. The zero-order valence-corrected chi connectivity index (χ0v) is 29.8. The predicted octanol–water partition coefficient (Wildman–Crippen LogP) is 6.40. The van der Waals surface area contributed by atoms with Crippen LogP contribution in [0.2, 0.25) is 0 Å². The van der Waals surface area contributed by atoms with Crippen LogP contribution in [0.3, 0.4) is 0 Å². The molecule has 0 radical (unpaired) electrons. The Bertz CT molecular complexity index is 498. The minimum Gasteiger partial charge on any atom is -0.756 e. The van der Waals surface area contributed by atoms with E-state index in [-0.39, 0.29) is 42.8 Å². The van der Waals surface area contributed by atoms with Gasteiger partial charge in [0.1, 0.15) is 0 Å². The van der Waals surface area contributed by atoms with Crippen LogP contribution in [0.5, 0.6) is 0 Å². The summed E-state index contributed by atoms with van der Waals surface area (Å²) in [4.78, 5) is 12.0. The van der Waals surface area contributed by atoms with E-state index in [1.165, 1.54) is 116 Å². The summed E-state index contributed by atoms with van der Waals surface area (Å²) >= 11 is 0. The first-order valence-electron chi connectivity index (χ1n) is 16.9. The second kappa shape index (κ2) is 32.9. The van der Waals surface area contributed by atoms with Gasteiger partial charge in [0.2, 0.25) is 0 Å². The van der Waals surface area contributed by atoms with Crippen LogP contribution in [-0.2, 0) is 13.6 Å². The molecule has 0 amide bonds. The number of unbranched alkanes of at least 4 members (excludes halogenated alkanes) is 22.